The van der Waals surface area contributed by atoms with Crippen molar-refractivity contribution in [2.75, 3.05) is 6.54 Å². The summed E-state index contributed by atoms with van der Waals surface area (Å²) in [6.07, 6.45) is 1.69. The molecule has 2 N–H and O–H groups in total. The van der Waals surface area contributed by atoms with Gasteiger partial charge in [0.2, 0.25) is 5.91 Å². The first kappa shape index (κ1) is 17.8. The maximum atomic E-state index is 13.2. The largest absolute Gasteiger partial charge is 0.349 e. The molecule has 0 saturated carbocycles. The minimum Gasteiger partial charge on any atom is -0.349 e. The summed E-state index contributed by atoms with van der Waals surface area (Å²) in [5, 5.41) is 6.10. The highest BCUT2D eigenvalue weighted by atomic mass is 19.1. The van der Waals surface area contributed by atoms with Crippen LogP contribution in [0.1, 0.15) is 22.9 Å². The van der Waals surface area contributed by atoms with Gasteiger partial charge < -0.3 is 5.32 Å². The Morgan fingerprint density at radius 3 is 2.31 bits per heavy atom. The SMILES string of the molecule is O=C(CNC(c1ccccc1)c1ccc(F)cc1)NCc1ccccn1. The summed E-state index contributed by atoms with van der Waals surface area (Å²) < 4.78 is 13.2. The Bertz CT molecular complexity index is 823. The molecule has 0 aliphatic rings. The Labute approximate surface area is 152 Å². The molecule has 0 saturated heterocycles. The third kappa shape index (κ3) is 4.97. The molecule has 0 radical (unpaired) electrons. The van der Waals surface area contributed by atoms with Crippen LogP contribution in [0.3, 0.4) is 0 Å². The molecule has 132 valence electrons. The highest BCUT2D eigenvalue weighted by Gasteiger charge is 2.15. The lowest BCUT2D eigenvalue weighted by molar-refractivity contribution is -0.120. The van der Waals surface area contributed by atoms with Gasteiger partial charge in [0.15, 0.2) is 0 Å². The first-order chi connectivity index (χ1) is 12.7. The Hall–Kier alpha value is -3.05. The number of nitrogens with zero attached hydrogens (tertiary/aromatic N) is 1. The van der Waals surface area contributed by atoms with E-state index in [0.717, 1.165) is 16.8 Å². The van der Waals surface area contributed by atoms with Crippen LogP contribution >= 0.6 is 0 Å². The third-order valence-electron chi connectivity index (χ3n) is 4.00. The van der Waals surface area contributed by atoms with E-state index in [1.54, 1.807) is 18.3 Å². The summed E-state index contributed by atoms with van der Waals surface area (Å²) in [4.78, 5) is 16.4. The second-order valence-electron chi connectivity index (χ2n) is 5.87. The van der Waals surface area contributed by atoms with Gasteiger partial charge in [0.25, 0.3) is 0 Å². The lowest BCUT2D eigenvalue weighted by Crippen LogP contribution is -2.36. The first-order valence-electron chi connectivity index (χ1n) is 8.43. The predicted octanol–water partition coefficient (Wildman–Crippen LogP) is 3.22. The third-order valence-corrected chi connectivity index (χ3v) is 4.00. The highest BCUT2D eigenvalue weighted by molar-refractivity contribution is 5.78. The molecule has 1 atom stereocenters. The van der Waals surface area contributed by atoms with Crippen LogP contribution in [0, 0.1) is 5.82 Å². The summed E-state index contributed by atoms with van der Waals surface area (Å²) >= 11 is 0. The molecule has 3 aromatic rings. The Kier molecular flexibility index (Phi) is 6.06. The van der Waals surface area contributed by atoms with Gasteiger partial charge >= 0.3 is 0 Å². The van der Waals surface area contributed by atoms with Gasteiger partial charge in [-0.05, 0) is 35.4 Å². The molecule has 0 fully saturated rings. The molecular formula is C21H20FN3O. The zero-order valence-electron chi connectivity index (χ0n) is 14.2. The number of pyridine rings is 1. The van der Waals surface area contributed by atoms with E-state index in [4.69, 9.17) is 0 Å². The van der Waals surface area contributed by atoms with E-state index in [1.807, 2.05) is 48.5 Å². The first-order valence-corrected chi connectivity index (χ1v) is 8.43. The van der Waals surface area contributed by atoms with Crippen molar-refractivity contribution in [1.82, 2.24) is 15.6 Å². The van der Waals surface area contributed by atoms with Crippen LogP contribution in [0.2, 0.25) is 0 Å². The summed E-state index contributed by atoms with van der Waals surface area (Å²) in [5.74, 6) is -0.410. The van der Waals surface area contributed by atoms with E-state index >= 15 is 0 Å². The molecule has 1 unspecified atom stereocenters. The van der Waals surface area contributed by atoms with Crippen molar-refractivity contribution in [3.8, 4) is 0 Å². The monoisotopic (exact) mass is 349 g/mol. The van der Waals surface area contributed by atoms with Gasteiger partial charge in [-0.2, -0.15) is 0 Å². The van der Waals surface area contributed by atoms with E-state index in [-0.39, 0.29) is 24.3 Å². The molecule has 3 rings (SSSR count). The van der Waals surface area contributed by atoms with Gasteiger partial charge in [0, 0.05) is 6.20 Å². The van der Waals surface area contributed by atoms with Crippen molar-refractivity contribution >= 4 is 5.91 Å². The molecule has 26 heavy (non-hydrogen) atoms. The van der Waals surface area contributed by atoms with Crippen molar-refractivity contribution in [3.63, 3.8) is 0 Å². The van der Waals surface area contributed by atoms with Crippen LogP contribution in [0.15, 0.2) is 79.0 Å². The van der Waals surface area contributed by atoms with Gasteiger partial charge in [-0.3, -0.25) is 15.1 Å². The van der Waals surface area contributed by atoms with Gasteiger partial charge in [-0.1, -0.05) is 48.5 Å². The zero-order valence-corrected chi connectivity index (χ0v) is 14.2. The number of aromatic nitrogens is 1. The quantitative estimate of drug-likeness (QED) is 0.689. The van der Waals surface area contributed by atoms with E-state index in [9.17, 15) is 9.18 Å². The van der Waals surface area contributed by atoms with Crippen molar-refractivity contribution in [3.05, 3.63) is 102 Å². The van der Waals surface area contributed by atoms with Gasteiger partial charge in [-0.15, -0.1) is 0 Å². The fourth-order valence-electron chi connectivity index (χ4n) is 2.68. The van der Waals surface area contributed by atoms with Gasteiger partial charge in [0.1, 0.15) is 5.82 Å². The number of hydrogen-bond donors (Lipinski definition) is 2. The summed E-state index contributed by atoms with van der Waals surface area (Å²) in [6.45, 7) is 0.525. The lowest BCUT2D eigenvalue weighted by Gasteiger charge is -2.19. The molecule has 1 heterocycles. The number of hydrogen-bond acceptors (Lipinski definition) is 3. The van der Waals surface area contributed by atoms with Crippen LogP contribution in [0.5, 0.6) is 0 Å². The van der Waals surface area contributed by atoms with Crippen molar-refractivity contribution in [2.24, 2.45) is 0 Å². The number of rotatable bonds is 7. The Morgan fingerprint density at radius 2 is 1.62 bits per heavy atom. The number of amides is 1. The van der Waals surface area contributed by atoms with E-state index in [2.05, 4.69) is 15.6 Å². The zero-order chi connectivity index (χ0) is 18.2. The molecule has 0 spiro atoms. The highest BCUT2D eigenvalue weighted by Crippen LogP contribution is 2.22. The van der Waals surface area contributed by atoms with Crippen LogP contribution in [-0.2, 0) is 11.3 Å². The van der Waals surface area contributed by atoms with Crippen molar-refractivity contribution in [2.45, 2.75) is 12.6 Å². The molecule has 2 aromatic carbocycles. The van der Waals surface area contributed by atoms with Crippen molar-refractivity contribution in [1.29, 1.82) is 0 Å². The van der Waals surface area contributed by atoms with Gasteiger partial charge in [-0.25, -0.2) is 4.39 Å². The fraction of sp³-hybridized carbons (Fsp3) is 0.143. The summed E-state index contributed by atoms with van der Waals surface area (Å²) in [7, 11) is 0. The number of halogens is 1. The average Bonchev–Trinajstić information content (AvgIpc) is 2.69. The maximum absolute atomic E-state index is 13.2. The number of nitrogens with one attached hydrogen (secondary N) is 2. The van der Waals surface area contributed by atoms with Crippen LogP contribution in [0.4, 0.5) is 4.39 Å². The molecule has 0 bridgehead atoms. The second kappa shape index (κ2) is 8.87. The molecule has 0 aliphatic heterocycles. The van der Waals surface area contributed by atoms with Crippen LogP contribution in [0.25, 0.3) is 0 Å². The minimum atomic E-state index is -0.284. The topological polar surface area (TPSA) is 54.0 Å². The van der Waals surface area contributed by atoms with E-state index in [1.165, 1.54) is 12.1 Å². The molecule has 4 nitrogen and oxygen atoms in total. The molecule has 5 heteroatoms. The van der Waals surface area contributed by atoms with E-state index in [0.29, 0.717) is 6.54 Å². The minimum absolute atomic E-state index is 0.126. The van der Waals surface area contributed by atoms with Crippen molar-refractivity contribution < 1.29 is 9.18 Å². The lowest BCUT2D eigenvalue weighted by atomic mass is 9.98. The number of carbonyl (C=O) groups excluding carboxylic acids is 1. The van der Waals surface area contributed by atoms with Crippen LogP contribution < -0.4 is 10.6 Å². The maximum Gasteiger partial charge on any atom is 0.234 e. The smallest absolute Gasteiger partial charge is 0.234 e. The molecule has 1 aromatic heterocycles. The normalized spacial score (nSPS) is 11.7. The predicted molar refractivity (Wildman–Crippen MR) is 98.8 cm³/mol. The fourth-order valence-corrected chi connectivity index (χ4v) is 2.68. The van der Waals surface area contributed by atoms with E-state index < -0.39 is 0 Å². The average molecular weight is 349 g/mol. The molecular weight excluding hydrogens is 329 g/mol. The van der Waals surface area contributed by atoms with Gasteiger partial charge in [0.05, 0.1) is 24.8 Å². The summed E-state index contributed by atoms with van der Waals surface area (Å²) in [6, 6.07) is 21.5. The van der Waals surface area contributed by atoms with Crippen LogP contribution in [-0.4, -0.2) is 17.4 Å². The molecule has 0 aliphatic carbocycles. The Balaban J connectivity index is 1.64. The number of carbonyl (C=O) groups is 1. The standard InChI is InChI=1S/C21H20FN3O/c22-18-11-9-17(10-12-18)21(16-6-2-1-3-7-16)25-15-20(26)24-14-19-8-4-5-13-23-19/h1-13,21,25H,14-15H2,(H,24,26). The summed E-state index contributed by atoms with van der Waals surface area (Å²) in [5.41, 5.74) is 2.71. The Morgan fingerprint density at radius 1 is 0.923 bits per heavy atom. The molecule has 1 amide bonds. The number of benzene rings is 2. The second-order valence-corrected chi connectivity index (χ2v) is 5.87.